The van der Waals surface area contributed by atoms with Crippen molar-refractivity contribution in [3.8, 4) is 0 Å². The summed E-state index contributed by atoms with van der Waals surface area (Å²) in [5.74, 6) is -0.0165. The molecule has 2 atom stereocenters. The van der Waals surface area contributed by atoms with Crippen LogP contribution in [-0.2, 0) is 14.3 Å². The lowest BCUT2D eigenvalue weighted by Crippen LogP contribution is -2.40. The maximum Gasteiger partial charge on any atom is 0.226 e. The number of rotatable bonds is 8. The lowest BCUT2D eigenvalue weighted by atomic mass is 9.89. The second kappa shape index (κ2) is 11.4. The van der Waals surface area contributed by atoms with Crippen molar-refractivity contribution >= 4 is 18.3 Å². The molecule has 2 unspecified atom stereocenters. The van der Waals surface area contributed by atoms with Gasteiger partial charge in [-0.1, -0.05) is 30.3 Å². The van der Waals surface area contributed by atoms with Gasteiger partial charge in [0.25, 0.3) is 0 Å². The third kappa shape index (κ3) is 6.47. The normalized spacial score (nSPS) is 20.6. The summed E-state index contributed by atoms with van der Waals surface area (Å²) in [6.07, 6.45) is 1.69. The molecule has 23 heavy (non-hydrogen) atoms. The van der Waals surface area contributed by atoms with Gasteiger partial charge in [0.15, 0.2) is 0 Å². The summed E-state index contributed by atoms with van der Waals surface area (Å²) >= 11 is 0. The number of benzene rings is 1. The van der Waals surface area contributed by atoms with Gasteiger partial charge in [-0.25, -0.2) is 0 Å². The van der Waals surface area contributed by atoms with Crippen LogP contribution in [0.2, 0.25) is 0 Å². The van der Waals surface area contributed by atoms with E-state index in [1.54, 1.807) is 7.11 Å². The van der Waals surface area contributed by atoms with Gasteiger partial charge in [-0.2, -0.15) is 0 Å². The number of halogens is 1. The summed E-state index contributed by atoms with van der Waals surface area (Å²) < 4.78 is 10.8. The maximum absolute atomic E-state index is 12.4. The predicted molar refractivity (Wildman–Crippen MR) is 92.9 cm³/mol. The van der Waals surface area contributed by atoms with Crippen LogP contribution in [0.3, 0.4) is 0 Å². The molecule has 0 aliphatic carbocycles. The number of methoxy groups -OCH3 is 1. The molecular weight excluding hydrogens is 316 g/mol. The Balaban J connectivity index is 0.00000264. The molecule has 1 heterocycles. The van der Waals surface area contributed by atoms with Gasteiger partial charge in [-0.15, -0.1) is 12.4 Å². The van der Waals surface area contributed by atoms with Crippen LogP contribution in [0, 0.1) is 5.92 Å². The zero-order valence-electron chi connectivity index (χ0n) is 13.6. The highest BCUT2D eigenvalue weighted by Gasteiger charge is 2.32. The third-order valence-corrected chi connectivity index (χ3v) is 3.87. The molecule has 0 spiro atoms. The van der Waals surface area contributed by atoms with Crippen LogP contribution < -0.4 is 10.6 Å². The van der Waals surface area contributed by atoms with Crippen molar-refractivity contribution < 1.29 is 14.3 Å². The highest BCUT2D eigenvalue weighted by atomic mass is 35.5. The molecular formula is C17H27ClN2O3. The standard InChI is InChI=1S/C17H26N2O3.ClH/c1-21-13-11-18-9-10-19-17(20)15-8-5-12-22-16(15)14-6-3-2-4-7-14;/h2-4,6-7,15-16,18H,5,8-13H2,1H3,(H,19,20);1H. The fraction of sp³-hybridized carbons (Fsp3) is 0.588. The third-order valence-electron chi connectivity index (χ3n) is 3.87. The Hall–Kier alpha value is -1.14. The molecule has 6 heteroatoms. The summed E-state index contributed by atoms with van der Waals surface area (Å²) in [5, 5.41) is 6.22. The van der Waals surface area contributed by atoms with Gasteiger partial charge in [0.1, 0.15) is 0 Å². The Kier molecular flexibility index (Phi) is 9.87. The van der Waals surface area contributed by atoms with Gasteiger partial charge in [-0.3, -0.25) is 4.79 Å². The average Bonchev–Trinajstić information content (AvgIpc) is 2.58. The summed E-state index contributed by atoms with van der Waals surface area (Å²) in [7, 11) is 1.68. The van der Waals surface area contributed by atoms with E-state index in [1.807, 2.05) is 30.3 Å². The molecule has 1 fully saturated rings. The molecule has 1 aliphatic rings. The first-order chi connectivity index (χ1) is 10.8. The minimum absolute atomic E-state index is 0. The van der Waals surface area contributed by atoms with Crippen LogP contribution in [0.1, 0.15) is 24.5 Å². The Bertz CT molecular complexity index is 445. The summed E-state index contributed by atoms with van der Waals surface area (Å²) in [6.45, 7) is 3.58. The highest BCUT2D eigenvalue weighted by molar-refractivity contribution is 5.85. The summed E-state index contributed by atoms with van der Waals surface area (Å²) in [4.78, 5) is 12.4. The first-order valence-electron chi connectivity index (χ1n) is 7.97. The van der Waals surface area contributed by atoms with Crippen LogP contribution in [0.15, 0.2) is 30.3 Å². The molecule has 1 aromatic carbocycles. The number of carbonyl (C=O) groups is 1. The van der Waals surface area contributed by atoms with E-state index in [0.717, 1.165) is 38.1 Å². The van der Waals surface area contributed by atoms with Crippen LogP contribution in [0.4, 0.5) is 0 Å². The van der Waals surface area contributed by atoms with Gasteiger partial charge >= 0.3 is 0 Å². The van der Waals surface area contributed by atoms with Crippen molar-refractivity contribution in [2.75, 3.05) is 40.0 Å². The van der Waals surface area contributed by atoms with Crippen molar-refractivity contribution in [2.24, 2.45) is 5.92 Å². The fourth-order valence-electron chi connectivity index (χ4n) is 2.73. The zero-order chi connectivity index (χ0) is 15.6. The molecule has 0 saturated carbocycles. The molecule has 1 saturated heterocycles. The van der Waals surface area contributed by atoms with E-state index in [-0.39, 0.29) is 30.3 Å². The first-order valence-corrected chi connectivity index (χ1v) is 7.97. The monoisotopic (exact) mass is 342 g/mol. The number of hydrogen-bond acceptors (Lipinski definition) is 4. The molecule has 0 bridgehead atoms. The zero-order valence-corrected chi connectivity index (χ0v) is 14.4. The molecule has 2 rings (SSSR count). The van der Waals surface area contributed by atoms with Crippen molar-refractivity contribution in [2.45, 2.75) is 18.9 Å². The van der Waals surface area contributed by atoms with Gasteiger partial charge in [0, 0.05) is 33.4 Å². The molecule has 0 aromatic heterocycles. The quantitative estimate of drug-likeness (QED) is 0.709. The Labute approximate surface area is 144 Å². The molecule has 1 amide bonds. The van der Waals surface area contributed by atoms with E-state index < -0.39 is 0 Å². The van der Waals surface area contributed by atoms with Gasteiger partial charge in [-0.05, 0) is 18.4 Å². The van der Waals surface area contributed by atoms with E-state index in [0.29, 0.717) is 13.2 Å². The Morgan fingerprint density at radius 1 is 1.26 bits per heavy atom. The second-order valence-corrected chi connectivity index (χ2v) is 5.48. The molecule has 1 aliphatic heterocycles. The smallest absolute Gasteiger partial charge is 0.226 e. The second-order valence-electron chi connectivity index (χ2n) is 5.48. The molecule has 130 valence electrons. The van der Waals surface area contributed by atoms with E-state index >= 15 is 0 Å². The van der Waals surface area contributed by atoms with E-state index in [1.165, 1.54) is 0 Å². The fourth-order valence-corrected chi connectivity index (χ4v) is 2.73. The van der Waals surface area contributed by atoms with Crippen LogP contribution in [-0.4, -0.2) is 45.9 Å². The number of ether oxygens (including phenoxy) is 2. The minimum atomic E-state index is -0.128. The predicted octanol–water partition coefficient (Wildman–Crippen LogP) is 1.93. The van der Waals surface area contributed by atoms with Crippen molar-refractivity contribution in [1.29, 1.82) is 0 Å². The molecule has 2 N–H and O–H groups in total. The number of amides is 1. The minimum Gasteiger partial charge on any atom is -0.383 e. The van der Waals surface area contributed by atoms with Crippen molar-refractivity contribution in [3.05, 3.63) is 35.9 Å². The highest BCUT2D eigenvalue weighted by Crippen LogP contribution is 2.33. The van der Waals surface area contributed by atoms with E-state index in [9.17, 15) is 4.79 Å². The van der Waals surface area contributed by atoms with Gasteiger partial charge in [0.05, 0.1) is 18.6 Å². The largest absolute Gasteiger partial charge is 0.383 e. The van der Waals surface area contributed by atoms with E-state index in [4.69, 9.17) is 9.47 Å². The van der Waals surface area contributed by atoms with Gasteiger partial charge in [0.2, 0.25) is 5.91 Å². The molecule has 5 nitrogen and oxygen atoms in total. The number of hydrogen-bond donors (Lipinski definition) is 2. The van der Waals surface area contributed by atoms with Crippen molar-refractivity contribution in [3.63, 3.8) is 0 Å². The van der Waals surface area contributed by atoms with Crippen LogP contribution in [0.25, 0.3) is 0 Å². The number of nitrogens with one attached hydrogen (secondary N) is 2. The molecule has 0 radical (unpaired) electrons. The molecule has 1 aromatic rings. The first kappa shape index (κ1) is 19.9. The van der Waals surface area contributed by atoms with Crippen LogP contribution in [0.5, 0.6) is 0 Å². The lowest BCUT2D eigenvalue weighted by molar-refractivity contribution is -0.134. The topological polar surface area (TPSA) is 59.6 Å². The Morgan fingerprint density at radius 3 is 2.78 bits per heavy atom. The number of carbonyl (C=O) groups excluding carboxylic acids is 1. The maximum atomic E-state index is 12.4. The lowest BCUT2D eigenvalue weighted by Gasteiger charge is -2.31. The van der Waals surface area contributed by atoms with E-state index in [2.05, 4.69) is 10.6 Å². The van der Waals surface area contributed by atoms with Gasteiger partial charge < -0.3 is 20.1 Å². The summed E-state index contributed by atoms with van der Waals surface area (Å²) in [6, 6.07) is 10.0. The SMILES string of the molecule is COCCNCCNC(=O)C1CCCOC1c1ccccc1.Cl. The van der Waals surface area contributed by atoms with Crippen molar-refractivity contribution in [1.82, 2.24) is 10.6 Å². The van der Waals surface area contributed by atoms with Crippen LogP contribution >= 0.6 is 12.4 Å². The summed E-state index contributed by atoms with van der Waals surface area (Å²) in [5.41, 5.74) is 1.08. The average molecular weight is 343 g/mol. The Morgan fingerprint density at radius 2 is 2.04 bits per heavy atom.